The molecule has 0 unspecified atom stereocenters. The maximum absolute atomic E-state index is 13.0. The molecule has 0 aromatic heterocycles. The van der Waals surface area contributed by atoms with Crippen LogP contribution in [0.4, 0.5) is 5.69 Å². The van der Waals surface area contributed by atoms with Crippen LogP contribution in [0.5, 0.6) is 0 Å². The fourth-order valence-electron chi connectivity index (χ4n) is 3.38. The molecule has 0 radical (unpaired) electrons. The van der Waals surface area contributed by atoms with Gasteiger partial charge in [-0.15, -0.1) is 0 Å². The molecule has 0 aliphatic carbocycles. The van der Waals surface area contributed by atoms with Gasteiger partial charge in [-0.1, -0.05) is 13.8 Å². The fourth-order valence-corrected chi connectivity index (χ4v) is 4.76. The van der Waals surface area contributed by atoms with Gasteiger partial charge >= 0.3 is 0 Å². The Morgan fingerprint density at radius 3 is 2.40 bits per heavy atom. The molecule has 1 heterocycles. The van der Waals surface area contributed by atoms with Crippen LogP contribution in [0.15, 0.2) is 23.1 Å². The minimum atomic E-state index is -3.95. The molecular weight excluding hydrogens is 410 g/mol. The number of sulfonamides is 1. The average molecular weight is 442 g/mol. The molecule has 30 heavy (non-hydrogen) atoms. The van der Waals surface area contributed by atoms with Gasteiger partial charge in [0, 0.05) is 40.4 Å². The SMILES string of the molecule is COC(CN(C)C(=O)[C@@H](NS(=O)(=O)c1ccc2c(c1)CCN2C(C)=O)C(C)C)OC. The lowest BCUT2D eigenvalue weighted by molar-refractivity contribution is -0.145. The molecule has 1 aliphatic heterocycles. The van der Waals surface area contributed by atoms with Gasteiger partial charge in [0.05, 0.1) is 11.4 Å². The molecule has 2 amide bonds. The predicted octanol–water partition coefficient (Wildman–Crippen LogP) is 0.976. The predicted molar refractivity (Wildman–Crippen MR) is 113 cm³/mol. The lowest BCUT2D eigenvalue weighted by Gasteiger charge is -2.28. The summed E-state index contributed by atoms with van der Waals surface area (Å²) in [5.74, 6) is -0.737. The largest absolute Gasteiger partial charge is 0.354 e. The lowest BCUT2D eigenvalue weighted by Crippen LogP contribution is -2.51. The number of methoxy groups -OCH3 is 2. The zero-order valence-electron chi connectivity index (χ0n) is 18.3. The molecule has 0 spiro atoms. The number of fused-ring (bicyclic) bond motifs is 1. The number of hydrogen-bond donors (Lipinski definition) is 1. The van der Waals surface area contributed by atoms with E-state index >= 15 is 0 Å². The molecule has 0 fully saturated rings. The highest BCUT2D eigenvalue weighted by Crippen LogP contribution is 2.30. The second-order valence-corrected chi connectivity index (χ2v) is 9.39. The Balaban J connectivity index is 2.22. The number of benzene rings is 1. The molecule has 1 N–H and O–H groups in total. The topological polar surface area (TPSA) is 105 Å². The number of nitrogens with one attached hydrogen (secondary N) is 1. The summed E-state index contributed by atoms with van der Waals surface area (Å²) in [7, 11) is 0.564. The van der Waals surface area contributed by atoms with Gasteiger partial charge in [0.1, 0.15) is 6.04 Å². The van der Waals surface area contributed by atoms with Crippen LogP contribution in [-0.4, -0.2) is 71.8 Å². The van der Waals surface area contributed by atoms with Gasteiger partial charge in [0.15, 0.2) is 6.29 Å². The van der Waals surface area contributed by atoms with Gasteiger partial charge in [-0.25, -0.2) is 8.42 Å². The van der Waals surface area contributed by atoms with Crippen molar-refractivity contribution in [2.24, 2.45) is 5.92 Å². The number of anilines is 1. The van der Waals surface area contributed by atoms with E-state index in [0.717, 1.165) is 11.3 Å². The van der Waals surface area contributed by atoms with Gasteiger partial charge in [-0.2, -0.15) is 4.72 Å². The molecule has 168 valence electrons. The second kappa shape index (κ2) is 9.86. The van der Waals surface area contributed by atoms with Crippen LogP contribution in [0.25, 0.3) is 0 Å². The first-order valence-corrected chi connectivity index (χ1v) is 11.2. The number of rotatable bonds is 9. The van der Waals surface area contributed by atoms with Gasteiger partial charge < -0.3 is 19.3 Å². The Morgan fingerprint density at radius 1 is 1.23 bits per heavy atom. The molecule has 1 atom stereocenters. The summed E-state index contributed by atoms with van der Waals surface area (Å²) in [5, 5.41) is 0. The van der Waals surface area contributed by atoms with Crippen molar-refractivity contribution in [3.8, 4) is 0 Å². The number of carbonyl (C=O) groups is 2. The normalized spacial score (nSPS) is 14.9. The van der Waals surface area contributed by atoms with Crippen molar-refractivity contribution in [3.05, 3.63) is 23.8 Å². The van der Waals surface area contributed by atoms with Crippen LogP contribution < -0.4 is 9.62 Å². The van der Waals surface area contributed by atoms with Crippen molar-refractivity contribution in [2.75, 3.05) is 39.3 Å². The lowest BCUT2D eigenvalue weighted by atomic mass is 10.0. The molecular formula is C20H31N3O6S. The standard InChI is InChI=1S/C20H31N3O6S/c1-13(2)19(20(25)22(4)12-18(28-5)29-6)21-30(26,27)16-7-8-17-15(11-16)9-10-23(17)14(3)24/h7-8,11,13,18-19,21H,9-10,12H2,1-6H3/t19-/m0/s1. The van der Waals surface area contributed by atoms with Crippen molar-refractivity contribution in [2.45, 2.75) is 44.4 Å². The first-order valence-electron chi connectivity index (χ1n) is 9.75. The van der Waals surface area contributed by atoms with Crippen LogP contribution in [0, 0.1) is 5.92 Å². The van der Waals surface area contributed by atoms with Gasteiger partial charge in [0.25, 0.3) is 0 Å². The smallest absolute Gasteiger partial charge is 0.241 e. The Hall–Kier alpha value is -2.01. The van der Waals surface area contributed by atoms with Crippen molar-refractivity contribution >= 4 is 27.5 Å². The number of carbonyl (C=O) groups excluding carboxylic acids is 2. The highest BCUT2D eigenvalue weighted by atomic mass is 32.2. The minimum Gasteiger partial charge on any atom is -0.354 e. The van der Waals surface area contributed by atoms with Crippen LogP contribution in [-0.2, 0) is 35.5 Å². The summed E-state index contributed by atoms with van der Waals surface area (Å²) < 4.78 is 38.8. The number of ether oxygens (including phenoxy) is 2. The minimum absolute atomic E-state index is 0.0689. The Morgan fingerprint density at radius 2 is 1.87 bits per heavy atom. The molecule has 1 aliphatic rings. The van der Waals surface area contributed by atoms with Gasteiger partial charge in [-0.3, -0.25) is 9.59 Å². The maximum Gasteiger partial charge on any atom is 0.241 e. The average Bonchev–Trinajstić information content (AvgIpc) is 3.12. The molecule has 2 rings (SSSR count). The Bertz CT molecular complexity index is 883. The second-order valence-electron chi connectivity index (χ2n) is 7.67. The Labute approximate surface area is 178 Å². The van der Waals surface area contributed by atoms with Crippen molar-refractivity contribution in [1.82, 2.24) is 9.62 Å². The zero-order chi connectivity index (χ0) is 22.6. The summed E-state index contributed by atoms with van der Waals surface area (Å²) in [4.78, 5) is 27.7. The van der Waals surface area contributed by atoms with Gasteiger partial charge in [0.2, 0.25) is 21.8 Å². The van der Waals surface area contributed by atoms with E-state index in [0.29, 0.717) is 13.0 Å². The van der Waals surface area contributed by atoms with Crippen molar-refractivity contribution in [1.29, 1.82) is 0 Å². The van der Waals surface area contributed by atoms with E-state index in [2.05, 4.69) is 4.72 Å². The summed E-state index contributed by atoms with van der Waals surface area (Å²) >= 11 is 0. The van der Waals surface area contributed by atoms with Crippen LogP contribution >= 0.6 is 0 Å². The van der Waals surface area contributed by atoms with E-state index in [4.69, 9.17) is 9.47 Å². The number of likely N-dealkylation sites (N-methyl/N-ethyl adjacent to an activating group) is 1. The summed E-state index contributed by atoms with van der Waals surface area (Å²) in [6.07, 6.45) is -0.0208. The first-order chi connectivity index (χ1) is 14.0. The van der Waals surface area contributed by atoms with Crippen LogP contribution in [0.3, 0.4) is 0 Å². The van der Waals surface area contributed by atoms with E-state index in [-0.39, 0.29) is 29.2 Å². The Kier molecular flexibility index (Phi) is 7.98. The van der Waals surface area contributed by atoms with E-state index < -0.39 is 22.4 Å². The van der Waals surface area contributed by atoms with Crippen LogP contribution in [0.2, 0.25) is 0 Å². The van der Waals surface area contributed by atoms with Crippen molar-refractivity contribution < 1.29 is 27.5 Å². The zero-order valence-corrected chi connectivity index (χ0v) is 19.2. The third kappa shape index (κ3) is 5.37. The number of amides is 2. The highest BCUT2D eigenvalue weighted by molar-refractivity contribution is 7.89. The molecule has 0 bridgehead atoms. The summed E-state index contributed by atoms with van der Waals surface area (Å²) in [6.45, 7) is 5.72. The number of nitrogens with zero attached hydrogens (tertiary/aromatic N) is 2. The third-order valence-corrected chi connectivity index (χ3v) is 6.62. The molecule has 0 saturated heterocycles. The molecule has 1 aromatic rings. The van der Waals surface area contributed by atoms with Gasteiger partial charge in [-0.05, 0) is 36.1 Å². The monoisotopic (exact) mass is 441 g/mol. The molecule has 0 saturated carbocycles. The first kappa shape index (κ1) is 24.3. The van der Waals surface area contributed by atoms with Crippen molar-refractivity contribution in [3.63, 3.8) is 0 Å². The summed E-state index contributed by atoms with van der Waals surface area (Å²) in [6, 6.07) is 3.72. The van der Waals surface area contributed by atoms with E-state index in [1.807, 2.05) is 0 Å². The van der Waals surface area contributed by atoms with E-state index in [1.165, 1.54) is 32.1 Å². The molecule has 10 heteroatoms. The highest BCUT2D eigenvalue weighted by Gasteiger charge is 2.32. The van der Waals surface area contributed by atoms with E-state index in [1.54, 1.807) is 37.9 Å². The molecule has 1 aromatic carbocycles. The summed E-state index contributed by atoms with van der Waals surface area (Å²) in [5.41, 5.74) is 1.52. The van der Waals surface area contributed by atoms with E-state index in [9.17, 15) is 18.0 Å². The fraction of sp³-hybridized carbons (Fsp3) is 0.600. The van der Waals surface area contributed by atoms with Crippen LogP contribution in [0.1, 0.15) is 26.3 Å². The quantitative estimate of drug-likeness (QED) is 0.573. The number of hydrogen-bond acceptors (Lipinski definition) is 6. The third-order valence-electron chi connectivity index (χ3n) is 5.18. The maximum atomic E-state index is 13.0. The molecule has 9 nitrogen and oxygen atoms in total.